The summed E-state index contributed by atoms with van der Waals surface area (Å²) < 4.78 is 5.47. The summed E-state index contributed by atoms with van der Waals surface area (Å²) in [5.74, 6) is -1.18. The summed E-state index contributed by atoms with van der Waals surface area (Å²) in [6, 6.07) is 7.78. The fourth-order valence-corrected chi connectivity index (χ4v) is 5.11. The summed E-state index contributed by atoms with van der Waals surface area (Å²) in [5.41, 5.74) is 11.1. The molecule has 3 aromatic rings. The van der Waals surface area contributed by atoms with Gasteiger partial charge in [-0.15, -0.1) is 11.3 Å². The van der Waals surface area contributed by atoms with Gasteiger partial charge in [-0.1, -0.05) is 38.1 Å². The van der Waals surface area contributed by atoms with Crippen molar-refractivity contribution in [1.82, 2.24) is 10.3 Å². The molecule has 0 radical (unpaired) electrons. The molecule has 0 saturated heterocycles. The number of anilines is 1. The van der Waals surface area contributed by atoms with Crippen molar-refractivity contribution in [2.24, 2.45) is 11.7 Å². The van der Waals surface area contributed by atoms with E-state index in [-0.39, 0.29) is 30.1 Å². The van der Waals surface area contributed by atoms with Crippen molar-refractivity contribution in [3.05, 3.63) is 68.7 Å². The first-order chi connectivity index (χ1) is 18.8. The Hall–Kier alpha value is -3.76. The molecule has 0 unspecified atom stereocenters. The third kappa shape index (κ3) is 8.12. The summed E-state index contributed by atoms with van der Waals surface area (Å²) in [6.07, 6.45) is 0.0814. The molecule has 10 heteroatoms. The molecule has 3 rings (SSSR count). The first-order valence-corrected chi connectivity index (χ1v) is 14.1. The van der Waals surface area contributed by atoms with Crippen LogP contribution in [0.15, 0.2) is 35.0 Å². The zero-order valence-corrected chi connectivity index (χ0v) is 24.7. The molecule has 0 aliphatic rings. The largest absolute Gasteiger partial charge is 0.478 e. The summed E-state index contributed by atoms with van der Waals surface area (Å²) in [5, 5.41) is 18.1. The summed E-state index contributed by atoms with van der Waals surface area (Å²) in [6.45, 7) is 12.0. The van der Waals surface area contributed by atoms with E-state index in [2.05, 4.69) is 24.5 Å². The minimum atomic E-state index is -1.11. The van der Waals surface area contributed by atoms with Gasteiger partial charge in [0, 0.05) is 40.8 Å². The van der Waals surface area contributed by atoms with E-state index in [0.29, 0.717) is 30.1 Å². The van der Waals surface area contributed by atoms with E-state index in [4.69, 9.17) is 15.5 Å². The highest BCUT2D eigenvalue weighted by Crippen LogP contribution is 2.34. The maximum absolute atomic E-state index is 13.3. The fraction of sp³-hybridized carbons (Fsp3) is 0.400. The number of alkyl carbamates (subject to hydrolysis) is 1. The van der Waals surface area contributed by atoms with Gasteiger partial charge in [0.05, 0.1) is 17.7 Å². The van der Waals surface area contributed by atoms with Gasteiger partial charge in [-0.3, -0.25) is 9.78 Å². The summed E-state index contributed by atoms with van der Waals surface area (Å²) >= 11 is 1.20. The van der Waals surface area contributed by atoms with E-state index < -0.39 is 17.7 Å². The van der Waals surface area contributed by atoms with E-state index in [9.17, 15) is 19.5 Å². The highest BCUT2D eigenvalue weighted by atomic mass is 32.1. The molecule has 0 aliphatic heterocycles. The number of carboxylic acid groups (broad SMARTS) is 1. The number of thiophene rings is 1. The first-order valence-electron chi connectivity index (χ1n) is 13.2. The second-order valence-electron chi connectivity index (χ2n) is 11.1. The van der Waals surface area contributed by atoms with Crippen molar-refractivity contribution in [2.75, 3.05) is 5.32 Å². The molecule has 0 spiro atoms. The van der Waals surface area contributed by atoms with Crippen LogP contribution in [0.4, 0.5) is 10.5 Å². The fourth-order valence-electron chi connectivity index (χ4n) is 4.35. The van der Waals surface area contributed by atoms with Crippen molar-refractivity contribution in [3.63, 3.8) is 0 Å². The number of ether oxygens (including phenoxy) is 1. The molecular formula is C30H38N4O5S. The Kier molecular flexibility index (Phi) is 10.1. The smallest absolute Gasteiger partial charge is 0.407 e. The van der Waals surface area contributed by atoms with E-state index in [0.717, 1.165) is 27.9 Å². The number of carboxylic acids is 1. The van der Waals surface area contributed by atoms with Crippen LogP contribution in [0, 0.1) is 12.8 Å². The van der Waals surface area contributed by atoms with Crippen molar-refractivity contribution in [3.8, 4) is 11.1 Å². The average Bonchev–Trinajstić information content (AvgIpc) is 3.31. The Morgan fingerprint density at radius 3 is 2.35 bits per heavy atom. The van der Waals surface area contributed by atoms with Crippen LogP contribution in [0.5, 0.6) is 0 Å². The lowest BCUT2D eigenvalue weighted by Crippen LogP contribution is -2.32. The van der Waals surface area contributed by atoms with E-state index >= 15 is 0 Å². The van der Waals surface area contributed by atoms with Gasteiger partial charge in [0.15, 0.2) is 0 Å². The molecule has 2 heterocycles. The number of aromatic carboxylic acids is 1. The van der Waals surface area contributed by atoms with Crippen LogP contribution in [0.1, 0.15) is 73.1 Å². The molecule has 2 amide bonds. The normalized spacial score (nSPS) is 11.4. The third-order valence-electron chi connectivity index (χ3n) is 6.08. The Morgan fingerprint density at radius 1 is 1.10 bits per heavy atom. The monoisotopic (exact) mass is 566 g/mol. The molecule has 0 bridgehead atoms. The Morgan fingerprint density at radius 2 is 1.77 bits per heavy atom. The lowest BCUT2D eigenvalue weighted by molar-refractivity contribution is -0.115. The predicted molar refractivity (Wildman–Crippen MR) is 158 cm³/mol. The highest BCUT2D eigenvalue weighted by Gasteiger charge is 2.24. The average molecular weight is 567 g/mol. The molecule has 40 heavy (non-hydrogen) atoms. The van der Waals surface area contributed by atoms with Gasteiger partial charge in [0.2, 0.25) is 5.91 Å². The van der Waals surface area contributed by atoms with Crippen LogP contribution in [0.25, 0.3) is 11.1 Å². The van der Waals surface area contributed by atoms with Crippen LogP contribution in [0.2, 0.25) is 0 Å². The number of pyridine rings is 1. The van der Waals surface area contributed by atoms with Crippen molar-refractivity contribution < 1.29 is 24.2 Å². The number of rotatable bonds is 10. The van der Waals surface area contributed by atoms with Gasteiger partial charge >= 0.3 is 12.1 Å². The molecule has 5 N–H and O–H groups in total. The lowest BCUT2D eigenvalue weighted by atomic mass is 9.88. The van der Waals surface area contributed by atoms with Crippen molar-refractivity contribution in [2.45, 2.75) is 73.1 Å². The summed E-state index contributed by atoms with van der Waals surface area (Å²) in [4.78, 5) is 42.3. The standard InChI is InChI=1S/C30H38N4O5S/c1-17(2)11-24-22(14-32-29(38)39-30(4,5)6)27(20-9-7-19(13-31)8-10-20)21(18(3)33-24)12-26(35)34-25-16-40-15-23(25)28(36)37/h7-10,15-17H,11-14,31H2,1-6H3,(H,32,38)(H,34,35)(H,36,37). The molecule has 0 fully saturated rings. The second-order valence-corrected chi connectivity index (χ2v) is 11.8. The van der Waals surface area contributed by atoms with E-state index in [1.807, 2.05) is 31.2 Å². The molecule has 1 aromatic carbocycles. The predicted octanol–water partition coefficient (Wildman–Crippen LogP) is 5.68. The molecule has 9 nitrogen and oxygen atoms in total. The number of nitrogens with zero attached hydrogens (tertiary/aromatic N) is 1. The van der Waals surface area contributed by atoms with Gasteiger partial charge in [-0.2, -0.15) is 0 Å². The van der Waals surface area contributed by atoms with Crippen molar-refractivity contribution >= 4 is 35.0 Å². The number of amides is 2. The maximum Gasteiger partial charge on any atom is 0.407 e. The second kappa shape index (κ2) is 13.1. The van der Waals surface area contributed by atoms with Crippen molar-refractivity contribution in [1.29, 1.82) is 0 Å². The molecular weight excluding hydrogens is 528 g/mol. The Labute approximate surface area is 239 Å². The lowest BCUT2D eigenvalue weighted by Gasteiger charge is -2.23. The van der Waals surface area contributed by atoms with Crippen LogP contribution in [0.3, 0.4) is 0 Å². The maximum atomic E-state index is 13.3. The zero-order valence-electron chi connectivity index (χ0n) is 23.9. The number of aromatic nitrogens is 1. The molecule has 0 aliphatic carbocycles. The number of nitrogens with two attached hydrogens (primary N) is 1. The minimum absolute atomic E-state index is 0.0386. The number of aryl methyl sites for hydroxylation is 1. The van der Waals surface area contributed by atoms with Crippen LogP contribution >= 0.6 is 11.3 Å². The van der Waals surface area contributed by atoms with Crippen LogP contribution in [-0.2, 0) is 35.5 Å². The Balaban J connectivity index is 2.11. The highest BCUT2D eigenvalue weighted by molar-refractivity contribution is 7.08. The van der Waals surface area contributed by atoms with Crippen LogP contribution < -0.4 is 16.4 Å². The third-order valence-corrected chi connectivity index (χ3v) is 6.83. The van der Waals surface area contributed by atoms with E-state index in [1.54, 1.807) is 26.2 Å². The molecule has 0 atom stereocenters. The van der Waals surface area contributed by atoms with Gasteiger partial charge < -0.3 is 26.2 Å². The zero-order chi connectivity index (χ0) is 29.6. The minimum Gasteiger partial charge on any atom is -0.478 e. The topological polar surface area (TPSA) is 144 Å². The molecule has 0 saturated carbocycles. The van der Waals surface area contributed by atoms with Gasteiger partial charge in [0.1, 0.15) is 5.60 Å². The number of nitrogens with one attached hydrogen (secondary N) is 2. The van der Waals surface area contributed by atoms with Gasteiger partial charge in [-0.05, 0) is 62.3 Å². The van der Waals surface area contributed by atoms with Gasteiger partial charge in [0.25, 0.3) is 0 Å². The first kappa shape index (κ1) is 30.8. The number of hydrogen-bond acceptors (Lipinski definition) is 7. The number of benzene rings is 1. The SMILES string of the molecule is Cc1nc(CC(C)C)c(CNC(=O)OC(C)(C)C)c(-c2ccc(CN)cc2)c1CC(=O)Nc1cscc1C(=O)O. The number of carbonyl (C=O) groups excluding carboxylic acids is 2. The van der Waals surface area contributed by atoms with E-state index in [1.165, 1.54) is 16.7 Å². The number of hydrogen-bond donors (Lipinski definition) is 4. The molecule has 214 valence electrons. The molecule has 2 aromatic heterocycles. The van der Waals surface area contributed by atoms with Gasteiger partial charge in [-0.25, -0.2) is 9.59 Å². The summed E-state index contributed by atoms with van der Waals surface area (Å²) in [7, 11) is 0. The van der Waals surface area contributed by atoms with Crippen LogP contribution in [-0.4, -0.2) is 33.7 Å². The number of carbonyl (C=O) groups is 3. The Bertz CT molecular complexity index is 1370. The quantitative estimate of drug-likeness (QED) is 0.247.